The van der Waals surface area contributed by atoms with E-state index in [2.05, 4.69) is 16.0 Å². The van der Waals surface area contributed by atoms with Crippen molar-refractivity contribution in [3.05, 3.63) is 23.9 Å². The van der Waals surface area contributed by atoms with Gasteiger partial charge >= 0.3 is 0 Å². The summed E-state index contributed by atoms with van der Waals surface area (Å²) in [6, 6.07) is 4.14. The van der Waals surface area contributed by atoms with Gasteiger partial charge in [-0.15, -0.1) is 0 Å². The summed E-state index contributed by atoms with van der Waals surface area (Å²) in [4.78, 5) is 6.96. The zero-order chi connectivity index (χ0) is 12.1. The van der Waals surface area contributed by atoms with Gasteiger partial charge in [0, 0.05) is 30.9 Å². The average molecular weight is 233 g/mol. The largest absolute Gasteiger partial charge is 0.356 e. The molecular formula is C14H23N3. The van der Waals surface area contributed by atoms with E-state index < -0.39 is 0 Å². The topological polar surface area (TPSA) is 42.1 Å². The summed E-state index contributed by atoms with van der Waals surface area (Å²) in [5, 5.41) is 0. The monoisotopic (exact) mass is 233 g/mol. The Morgan fingerprint density at radius 3 is 2.47 bits per heavy atom. The first-order valence-corrected chi connectivity index (χ1v) is 6.74. The highest BCUT2D eigenvalue weighted by Gasteiger charge is 2.15. The van der Waals surface area contributed by atoms with Crippen LogP contribution in [0, 0.1) is 0 Å². The molecule has 0 amide bonds. The minimum atomic E-state index is 0.0594. The average Bonchev–Trinajstić information content (AvgIpc) is 2.28. The molecule has 2 N–H and O–H groups in total. The van der Waals surface area contributed by atoms with Crippen molar-refractivity contribution in [2.75, 3.05) is 18.0 Å². The summed E-state index contributed by atoms with van der Waals surface area (Å²) in [7, 11) is 0. The molecule has 1 aromatic rings. The van der Waals surface area contributed by atoms with Crippen LogP contribution in [0.2, 0.25) is 0 Å². The zero-order valence-electron chi connectivity index (χ0n) is 10.7. The first kappa shape index (κ1) is 12.4. The lowest BCUT2D eigenvalue weighted by Gasteiger charge is -2.28. The molecule has 0 saturated carbocycles. The zero-order valence-corrected chi connectivity index (χ0v) is 10.7. The van der Waals surface area contributed by atoms with Crippen LogP contribution >= 0.6 is 0 Å². The lowest BCUT2D eigenvalue weighted by Crippen LogP contribution is -2.29. The third-order valence-corrected chi connectivity index (χ3v) is 3.46. The molecule has 3 heteroatoms. The summed E-state index contributed by atoms with van der Waals surface area (Å²) in [6.45, 7) is 4.28. The second-order valence-electron chi connectivity index (χ2n) is 4.96. The Balaban J connectivity index is 2.18. The van der Waals surface area contributed by atoms with Crippen LogP contribution in [0.25, 0.3) is 0 Å². The van der Waals surface area contributed by atoms with Crippen LogP contribution in [0.4, 0.5) is 5.82 Å². The van der Waals surface area contributed by atoms with Crippen LogP contribution in [0.3, 0.4) is 0 Å². The maximum atomic E-state index is 6.02. The van der Waals surface area contributed by atoms with Gasteiger partial charge in [-0.1, -0.05) is 25.3 Å². The number of hydrogen-bond acceptors (Lipinski definition) is 3. The molecule has 1 unspecified atom stereocenters. The van der Waals surface area contributed by atoms with Gasteiger partial charge in [0.15, 0.2) is 0 Å². The van der Waals surface area contributed by atoms with Crippen molar-refractivity contribution in [1.29, 1.82) is 0 Å². The van der Waals surface area contributed by atoms with Crippen LogP contribution in [0.5, 0.6) is 0 Å². The van der Waals surface area contributed by atoms with Crippen molar-refractivity contribution in [1.82, 2.24) is 4.98 Å². The molecular weight excluding hydrogens is 210 g/mol. The predicted molar refractivity (Wildman–Crippen MR) is 72.1 cm³/mol. The molecule has 2 rings (SSSR count). The number of nitrogens with two attached hydrogens (primary N) is 1. The van der Waals surface area contributed by atoms with Crippen LogP contribution in [-0.2, 0) is 0 Å². The lowest BCUT2D eigenvalue weighted by molar-refractivity contribution is 0.551. The van der Waals surface area contributed by atoms with Crippen molar-refractivity contribution in [2.24, 2.45) is 5.73 Å². The second kappa shape index (κ2) is 6.01. The quantitative estimate of drug-likeness (QED) is 0.854. The highest BCUT2D eigenvalue weighted by Crippen LogP contribution is 2.24. The van der Waals surface area contributed by atoms with E-state index in [1.54, 1.807) is 0 Å². The summed E-state index contributed by atoms with van der Waals surface area (Å²) >= 11 is 0. The van der Waals surface area contributed by atoms with Crippen molar-refractivity contribution in [3.8, 4) is 0 Å². The van der Waals surface area contributed by atoms with Crippen LogP contribution in [-0.4, -0.2) is 18.1 Å². The summed E-state index contributed by atoms with van der Waals surface area (Å²) in [5.74, 6) is 1.10. The Hall–Kier alpha value is -1.09. The van der Waals surface area contributed by atoms with Gasteiger partial charge in [0.2, 0.25) is 0 Å². The van der Waals surface area contributed by atoms with E-state index >= 15 is 0 Å². The Bertz CT molecular complexity index is 341. The number of nitrogens with zero attached hydrogens (tertiary/aromatic N) is 2. The van der Waals surface area contributed by atoms with Gasteiger partial charge in [-0.3, -0.25) is 0 Å². The number of rotatable bonds is 2. The Morgan fingerprint density at radius 1 is 1.18 bits per heavy atom. The second-order valence-corrected chi connectivity index (χ2v) is 4.96. The van der Waals surface area contributed by atoms with Gasteiger partial charge in [-0.05, 0) is 25.8 Å². The standard InChI is InChI=1S/C14H23N3/c1-12(15)13-8-7-9-16-14(13)17-10-5-3-2-4-6-11-17/h7-9,12H,2-6,10-11,15H2,1H3. The van der Waals surface area contributed by atoms with Crippen LogP contribution in [0.15, 0.2) is 18.3 Å². The molecule has 94 valence electrons. The first-order valence-electron chi connectivity index (χ1n) is 6.74. The van der Waals surface area contributed by atoms with E-state index in [0.717, 1.165) is 18.9 Å². The summed E-state index contributed by atoms with van der Waals surface area (Å²) in [5.41, 5.74) is 7.20. The molecule has 0 bridgehead atoms. The van der Waals surface area contributed by atoms with Crippen molar-refractivity contribution in [2.45, 2.75) is 45.1 Å². The highest BCUT2D eigenvalue weighted by atomic mass is 15.2. The first-order chi connectivity index (χ1) is 8.29. The molecule has 2 heterocycles. The molecule has 17 heavy (non-hydrogen) atoms. The Kier molecular flexibility index (Phi) is 4.37. The molecule has 0 aliphatic carbocycles. The van der Waals surface area contributed by atoms with E-state index in [1.807, 2.05) is 19.2 Å². The normalized spacial score (nSPS) is 19.5. The fourth-order valence-corrected chi connectivity index (χ4v) is 2.49. The van der Waals surface area contributed by atoms with Crippen molar-refractivity contribution in [3.63, 3.8) is 0 Å². The van der Waals surface area contributed by atoms with Gasteiger partial charge in [0.05, 0.1) is 0 Å². The molecule has 1 aliphatic rings. The van der Waals surface area contributed by atoms with E-state index in [0.29, 0.717) is 0 Å². The fourth-order valence-electron chi connectivity index (χ4n) is 2.49. The van der Waals surface area contributed by atoms with E-state index in [1.165, 1.54) is 37.7 Å². The maximum Gasteiger partial charge on any atom is 0.133 e. The molecule has 1 saturated heterocycles. The molecule has 0 aromatic carbocycles. The summed E-state index contributed by atoms with van der Waals surface area (Å²) < 4.78 is 0. The summed E-state index contributed by atoms with van der Waals surface area (Å²) in [6.07, 6.45) is 8.49. The molecule has 1 aromatic heterocycles. The minimum Gasteiger partial charge on any atom is -0.356 e. The predicted octanol–water partition coefficient (Wildman–Crippen LogP) is 2.87. The number of hydrogen-bond donors (Lipinski definition) is 1. The van der Waals surface area contributed by atoms with Crippen molar-refractivity contribution < 1.29 is 0 Å². The van der Waals surface area contributed by atoms with Gasteiger partial charge in [-0.2, -0.15) is 0 Å². The number of aromatic nitrogens is 1. The molecule has 1 aliphatic heterocycles. The third-order valence-electron chi connectivity index (χ3n) is 3.46. The highest BCUT2D eigenvalue weighted by molar-refractivity contribution is 5.48. The van der Waals surface area contributed by atoms with E-state index in [-0.39, 0.29) is 6.04 Å². The Labute approximate surface area is 104 Å². The van der Waals surface area contributed by atoms with Crippen molar-refractivity contribution >= 4 is 5.82 Å². The van der Waals surface area contributed by atoms with Gasteiger partial charge < -0.3 is 10.6 Å². The van der Waals surface area contributed by atoms with Gasteiger partial charge in [0.1, 0.15) is 5.82 Å². The van der Waals surface area contributed by atoms with E-state index in [4.69, 9.17) is 5.73 Å². The number of anilines is 1. The number of pyridine rings is 1. The molecule has 1 fully saturated rings. The SMILES string of the molecule is CC(N)c1cccnc1N1CCCCCCC1. The van der Waals surface area contributed by atoms with Gasteiger partial charge in [-0.25, -0.2) is 4.98 Å². The fraction of sp³-hybridized carbons (Fsp3) is 0.643. The molecule has 3 nitrogen and oxygen atoms in total. The molecule has 0 spiro atoms. The maximum absolute atomic E-state index is 6.02. The molecule has 0 radical (unpaired) electrons. The third kappa shape index (κ3) is 3.19. The van der Waals surface area contributed by atoms with Crippen LogP contribution in [0.1, 0.15) is 50.6 Å². The Morgan fingerprint density at radius 2 is 1.82 bits per heavy atom. The lowest BCUT2D eigenvalue weighted by atomic mass is 10.1. The van der Waals surface area contributed by atoms with Gasteiger partial charge in [0.25, 0.3) is 0 Å². The van der Waals surface area contributed by atoms with E-state index in [9.17, 15) is 0 Å². The molecule has 1 atom stereocenters. The minimum absolute atomic E-state index is 0.0594. The smallest absolute Gasteiger partial charge is 0.133 e. The van der Waals surface area contributed by atoms with Crippen LogP contribution < -0.4 is 10.6 Å².